The maximum atomic E-state index is 12.0. The molecule has 122 valence electrons. The van der Waals surface area contributed by atoms with E-state index < -0.39 is 5.97 Å². The smallest absolute Gasteiger partial charge is 0.335 e. The summed E-state index contributed by atoms with van der Waals surface area (Å²) in [5, 5.41) is 15.9. The van der Waals surface area contributed by atoms with Crippen LogP contribution in [0.2, 0.25) is 0 Å². The minimum Gasteiger partial charge on any atom is -0.478 e. The monoisotopic (exact) mass is 317 g/mol. The molecule has 0 aliphatic heterocycles. The number of hydrogen-bond acceptors (Lipinski definition) is 4. The molecule has 0 spiro atoms. The Morgan fingerprint density at radius 3 is 2.74 bits per heavy atom. The van der Waals surface area contributed by atoms with Gasteiger partial charge in [-0.3, -0.25) is 9.48 Å². The van der Waals surface area contributed by atoms with Gasteiger partial charge in [0.1, 0.15) is 0 Å². The summed E-state index contributed by atoms with van der Waals surface area (Å²) in [4.78, 5) is 23.2. The van der Waals surface area contributed by atoms with Gasteiger partial charge in [0.15, 0.2) is 0 Å². The number of benzene rings is 1. The Morgan fingerprint density at radius 2 is 2.13 bits per heavy atom. The van der Waals surface area contributed by atoms with Crippen LogP contribution in [0.1, 0.15) is 28.0 Å². The van der Waals surface area contributed by atoms with Crippen molar-refractivity contribution in [3.63, 3.8) is 0 Å². The zero-order chi connectivity index (χ0) is 16.8. The Bertz CT molecular complexity index is 709. The predicted molar refractivity (Wildman–Crippen MR) is 84.3 cm³/mol. The molecule has 0 aliphatic rings. The second-order valence-electron chi connectivity index (χ2n) is 5.15. The highest BCUT2D eigenvalue weighted by Crippen LogP contribution is 2.17. The summed E-state index contributed by atoms with van der Waals surface area (Å²) in [6.45, 7) is 0.277. The van der Waals surface area contributed by atoms with Crippen molar-refractivity contribution in [2.45, 2.75) is 19.4 Å². The van der Waals surface area contributed by atoms with E-state index in [0.29, 0.717) is 17.7 Å². The molecular formula is C16H19N3O4. The molecule has 2 N–H and O–H groups in total. The lowest BCUT2D eigenvalue weighted by molar-refractivity contribution is -0.116. The normalized spacial score (nSPS) is 10.5. The first-order chi connectivity index (χ1) is 11.0. The molecule has 23 heavy (non-hydrogen) atoms. The average molecular weight is 317 g/mol. The van der Waals surface area contributed by atoms with Gasteiger partial charge >= 0.3 is 5.97 Å². The third-order valence-corrected chi connectivity index (χ3v) is 3.37. The molecule has 1 amide bonds. The molecule has 1 aromatic heterocycles. The first-order valence-electron chi connectivity index (χ1n) is 7.12. The van der Waals surface area contributed by atoms with E-state index in [0.717, 1.165) is 5.69 Å². The van der Waals surface area contributed by atoms with Crippen molar-refractivity contribution in [2.75, 3.05) is 12.4 Å². The number of nitrogens with zero attached hydrogens (tertiary/aromatic N) is 2. The summed E-state index contributed by atoms with van der Waals surface area (Å²) >= 11 is 0. The van der Waals surface area contributed by atoms with Crippen LogP contribution in [0.4, 0.5) is 5.69 Å². The highest BCUT2D eigenvalue weighted by Gasteiger charge is 2.10. The number of anilines is 1. The molecule has 0 atom stereocenters. The van der Waals surface area contributed by atoms with Crippen molar-refractivity contribution in [1.82, 2.24) is 9.78 Å². The number of aromatic nitrogens is 2. The van der Waals surface area contributed by atoms with Crippen LogP contribution in [-0.2, 0) is 29.6 Å². The first kappa shape index (κ1) is 16.7. The third kappa shape index (κ3) is 4.65. The second kappa shape index (κ2) is 7.55. The molecule has 1 heterocycles. The lowest BCUT2D eigenvalue weighted by Crippen LogP contribution is -2.14. The fraction of sp³-hybridized carbons (Fsp3) is 0.312. The molecule has 0 bridgehead atoms. The number of carboxylic acids is 1. The largest absolute Gasteiger partial charge is 0.478 e. The van der Waals surface area contributed by atoms with Crippen LogP contribution < -0.4 is 5.32 Å². The summed E-state index contributed by atoms with van der Waals surface area (Å²) in [6.07, 6.45) is 2.53. The zero-order valence-electron chi connectivity index (χ0n) is 13.1. The molecule has 0 fully saturated rings. The summed E-state index contributed by atoms with van der Waals surface area (Å²) in [5.41, 5.74) is 2.21. The lowest BCUT2D eigenvalue weighted by atomic mass is 10.1. The Morgan fingerprint density at radius 1 is 1.35 bits per heavy atom. The van der Waals surface area contributed by atoms with Gasteiger partial charge in [0, 0.05) is 38.2 Å². The lowest BCUT2D eigenvalue weighted by Gasteiger charge is -2.09. The van der Waals surface area contributed by atoms with Crippen LogP contribution in [-0.4, -0.2) is 33.9 Å². The van der Waals surface area contributed by atoms with Crippen molar-refractivity contribution in [1.29, 1.82) is 0 Å². The fourth-order valence-electron chi connectivity index (χ4n) is 2.25. The number of rotatable bonds is 7. The molecule has 2 aromatic rings. The van der Waals surface area contributed by atoms with Gasteiger partial charge in [-0.15, -0.1) is 0 Å². The van der Waals surface area contributed by atoms with Crippen LogP contribution in [0.25, 0.3) is 0 Å². The van der Waals surface area contributed by atoms with Gasteiger partial charge in [-0.2, -0.15) is 5.10 Å². The molecule has 1 aromatic carbocycles. The maximum Gasteiger partial charge on any atom is 0.335 e. The van der Waals surface area contributed by atoms with Gasteiger partial charge < -0.3 is 15.2 Å². The highest BCUT2D eigenvalue weighted by molar-refractivity contribution is 5.94. The van der Waals surface area contributed by atoms with Crippen LogP contribution >= 0.6 is 0 Å². The standard InChI is InChI=1S/C16H19N3O4/c1-19-14(5-6-17-19)3-4-15(20)18-13-8-11(10-23-2)7-12(9-13)16(21)22/h5-9H,3-4,10H2,1-2H3,(H,18,20)(H,21,22). The van der Waals surface area contributed by atoms with Gasteiger partial charge in [0.05, 0.1) is 12.2 Å². The Kier molecular flexibility index (Phi) is 5.48. The number of ether oxygens (including phenoxy) is 1. The number of amides is 1. The molecule has 0 radical (unpaired) electrons. The quantitative estimate of drug-likeness (QED) is 0.812. The van der Waals surface area contributed by atoms with E-state index in [4.69, 9.17) is 9.84 Å². The Hall–Kier alpha value is -2.67. The number of methoxy groups -OCH3 is 1. The number of hydrogen-bond donors (Lipinski definition) is 2. The maximum absolute atomic E-state index is 12.0. The van der Waals surface area contributed by atoms with Crippen LogP contribution in [0.15, 0.2) is 30.5 Å². The average Bonchev–Trinajstić information content (AvgIpc) is 2.90. The van der Waals surface area contributed by atoms with Crippen molar-refractivity contribution in [3.05, 3.63) is 47.3 Å². The van der Waals surface area contributed by atoms with Crippen molar-refractivity contribution < 1.29 is 19.4 Å². The SMILES string of the molecule is COCc1cc(NC(=O)CCc2ccnn2C)cc(C(=O)O)c1. The third-order valence-electron chi connectivity index (χ3n) is 3.37. The zero-order valence-corrected chi connectivity index (χ0v) is 13.1. The summed E-state index contributed by atoms with van der Waals surface area (Å²) < 4.78 is 6.73. The van der Waals surface area contributed by atoms with Gasteiger partial charge in [-0.05, 0) is 36.2 Å². The Balaban J connectivity index is 2.04. The molecule has 7 nitrogen and oxygen atoms in total. The molecular weight excluding hydrogens is 298 g/mol. The van der Waals surface area contributed by atoms with Gasteiger partial charge in [-0.1, -0.05) is 0 Å². The van der Waals surface area contributed by atoms with Gasteiger partial charge in [-0.25, -0.2) is 4.79 Å². The van der Waals surface area contributed by atoms with E-state index in [2.05, 4.69) is 10.4 Å². The molecule has 0 aliphatic carbocycles. The summed E-state index contributed by atoms with van der Waals surface area (Å²) in [5.74, 6) is -1.23. The summed E-state index contributed by atoms with van der Waals surface area (Å²) in [6, 6.07) is 6.52. The van der Waals surface area contributed by atoms with Crippen molar-refractivity contribution in [2.24, 2.45) is 7.05 Å². The molecule has 0 saturated carbocycles. The van der Waals surface area contributed by atoms with Crippen molar-refractivity contribution >= 4 is 17.6 Å². The number of carboxylic acid groups (broad SMARTS) is 1. The van der Waals surface area contributed by atoms with E-state index in [1.807, 2.05) is 13.1 Å². The molecule has 2 rings (SSSR count). The molecule has 0 unspecified atom stereocenters. The van der Waals surface area contributed by atoms with Crippen LogP contribution in [0, 0.1) is 0 Å². The molecule has 7 heteroatoms. The van der Waals surface area contributed by atoms with E-state index in [1.165, 1.54) is 19.2 Å². The topological polar surface area (TPSA) is 93.5 Å². The minimum atomic E-state index is -1.05. The van der Waals surface area contributed by atoms with Crippen LogP contribution in [0.3, 0.4) is 0 Å². The Labute approximate surface area is 133 Å². The van der Waals surface area contributed by atoms with Crippen LogP contribution in [0.5, 0.6) is 0 Å². The predicted octanol–water partition coefficient (Wildman–Crippen LogP) is 1.84. The van der Waals surface area contributed by atoms with Crippen molar-refractivity contribution in [3.8, 4) is 0 Å². The van der Waals surface area contributed by atoms with E-state index >= 15 is 0 Å². The number of aryl methyl sites for hydroxylation is 2. The minimum absolute atomic E-state index is 0.112. The van der Waals surface area contributed by atoms with Gasteiger partial charge in [0.2, 0.25) is 5.91 Å². The molecule has 0 saturated heterocycles. The number of carbonyl (C=O) groups is 2. The first-order valence-corrected chi connectivity index (χ1v) is 7.12. The highest BCUT2D eigenvalue weighted by atomic mass is 16.5. The van der Waals surface area contributed by atoms with E-state index in [1.54, 1.807) is 16.9 Å². The number of nitrogens with one attached hydrogen (secondary N) is 1. The summed E-state index contributed by atoms with van der Waals surface area (Å²) in [7, 11) is 3.35. The fourth-order valence-corrected chi connectivity index (χ4v) is 2.25. The van der Waals surface area contributed by atoms with E-state index in [9.17, 15) is 9.59 Å². The number of carbonyl (C=O) groups excluding carboxylic acids is 1. The number of aromatic carboxylic acids is 1. The van der Waals surface area contributed by atoms with Gasteiger partial charge in [0.25, 0.3) is 0 Å². The van der Waals surface area contributed by atoms with E-state index in [-0.39, 0.29) is 24.5 Å². The second-order valence-corrected chi connectivity index (χ2v) is 5.15.